The van der Waals surface area contributed by atoms with Gasteiger partial charge in [-0.25, -0.2) is 4.79 Å². The maximum Gasteiger partial charge on any atom is 0.337 e. The largest absolute Gasteiger partial charge is 0.465 e. The van der Waals surface area contributed by atoms with Gasteiger partial charge in [0, 0.05) is 30.4 Å². The van der Waals surface area contributed by atoms with Gasteiger partial charge in [-0.1, -0.05) is 25.5 Å². The van der Waals surface area contributed by atoms with Crippen LogP contribution in [0.4, 0.5) is 5.69 Å². The third kappa shape index (κ3) is 5.41. The number of rotatable bonds is 7. The molecule has 0 radical (unpaired) electrons. The van der Waals surface area contributed by atoms with Gasteiger partial charge in [0.1, 0.15) is 0 Å². The van der Waals surface area contributed by atoms with Gasteiger partial charge in [-0.2, -0.15) is 0 Å². The summed E-state index contributed by atoms with van der Waals surface area (Å²) in [5.41, 5.74) is 1.65. The minimum absolute atomic E-state index is 0.120. The summed E-state index contributed by atoms with van der Waals surface area (Å²) in [4.78, 5) is 38.3. The van der Waals surface area contributed by atoms with Crippen LogP contribution in [0.1, 0.15) is 50.8 Å². The van der Waals surface area contributed by atoms with Crippen molar-refractivity contribution in [2.45, 2.75) is 19.8 Å². The smallest absolute Gasteiger partial charge is 0.337 e. The second-order valence-electron chi connectivity index (χ2n) is 6.19. The molecule has 2 aromatic carbocycles. The van der Waals surface area contributed by atoms with Crippen LogP contribution in [0.15, 0.2) is 48.5 Å². The van der Waals surface area contributed by atoms with Crippen LogP contribution in [-0.4, -0.2) is 43.4 Å². The number of nitrogens with one attached hydrogen (secondary N) is 1. The van der Waals surface area contributed by atoms with Crippen molar-refractivity contribution < 1.29 is 19.1 Å². The summed E-state index contributed by atoms with van der Waals surface area (Å²) >= 11 is 0. The molecule has 142 valence electrons. The molecule has 0 saturated carbocycles. The molecule has 0 aliphatic carbocycles. The maximum atomic E-state index is 12.5. The van der Waals surface area contributed by atoms with Gasteiger partial charge in [0.25, 0.3) is 11.8 Å². The van der Waals surface area contributed by atoms with Crippen LogP contribution in [0.5, 0.6) is 0 Å². The van der Waals surface area contributed by atoms with E-state index in [1.165, 1.54) is 13.2 Å². The quantitative estimate of drug-likeness (QED) is 0.758. The van der Waals surface area contributed by atoms with Crippen molar-refractivity contribution in [3.63, 3.8) is 0 Å². The van der Waals surface area contributed by atoms with Crippen LogP contribution in [0, 0.1) is 0 Å². The van der Waals surface area contributed by atoms with Gasteiger partial charge < -0.3 is 15.0 Å². The number of ether oxygens (including phenoxy) is 1. The van der Waals surface area contributed by atoms with Crippen molar-refractivity contribution in [3.8, 4) is 0 Å². The molecule has 0 aliphatic heterocycles. The molecule has 0 fully saturated rings. The molecule has 0 aliphatic rings. The summed E-state index contributed by atoms with van der Waals surface area (Å²) in [5.74, 6) is -0.956. The lowest BCUT2D eigenvalue weighted by Crippen LogP contribution is -2.28. The number of carbonyl (C=O) groups is 3. The molecule has 6 nitrogen and oxygen atoms in total. The summed E-state index contributed by atoms with van der Waals surface area (Å²) in [6.07, 6.45) is 1.93. The normalized spacial score (nSPS) is 10.2. The third-order valence-corrected chi connectivity index (χ3v) is 4.11. The monoisotopic (exact) mass is 368 g/mol. The zero-order valence-electron chi connectivity index (χ0n) is 15.8. The first kappa shape index (κ1) is 20.2. The number of benzene rings is 2. The fourth-order valence-electron chi connectivity index (χ4n) is 2.56. The Morgan fingerprint density at radius 1 is 1.00 bits per heavy atom. The zero-order valence-corrected chi connectivity index (χ0v) is 15.8. The minimum atomic E-state index is -0.478. The fraction of sp³-hybridized carbons (Fsp3) is 0.286. The number of carbonyl (C=O) groups excluding carboxylic acids is 3. The average Bonchev–Trinajstić information content (AvgIpc) is 2.71. The Kier molecular flexibility index (Phi) is 7.11. The van der Waals surface area contributed by atoms with Crippen LogP contribution in [0.25, 0.3) is 0 Å². The Bertz CT molecular complexity index is 832. The van der Waals surface area contributed by atoms with Gasteiger partial charge in [-0.15, -0.1) is 0 Å². The molecular weight excluding hydrogens is 344 g/mol. The van der Waals surface area contributed by atoms with Crippen LogP contribution < -0.4 is 5.32 Å². The lowest BCUT2D eigenvalue weighted by atomic mass is 10.1. The Balaban J connectivity index is 2.13. The Labute approximate surface area is 159 Å². The molecule has 0 aromatic heterocycles. The summed E-state index contributed by atoms with van der Waals surface area (Å²) < 4.78 is 4.68. The molecule has 1 N–H and O–H groups in total. The van der Waals surface area contributed by atoms with Crippen molar-refractivity contribution in [1.29, 1.82) is 0 Å². The highest BCUT2D eigenvalue weighted by atomic mass is 16.5. The summed E-state index contributed by atoms with van der Waals surface area (Å²) in [6.45, 7) is 2.74. The number of anilines is 1. The van der Waals surface area contributed by atoms with Crippen molar-refractivity contribution in [3.05, 3.63) is 65.2 Å². The van der Waals surface area contributed by atoms with Gasteiger partial charge in [0.15, 0.2) is 0 Å². The second-order valence-corrected chi connectivity index (χ2v) is 6.19. The van der Waals surface area contributed by atoms with Crippen LogP contribution in [0.2, 0.25) is 0 Å². The van der Waals surface area contributed by atoms with Crippen molar-refractivity contribution in [2.24, 2.45) is 0 Å². The highest BCUT2D eigenvalue weighted by Gasteiger charge is 2.14. The topological polar surface area (TPSA) is 75.7 Å². The molecular formula is C21H24N2O4. The van der Waals surface area contributed by atoms with E-state index in [1.807, 2.05) is 0 Å². The van der Waals surface area contributed by atoms with Crippen LogP contribution in [-0.2, 0) is 4.74 Å². The molecule has 2 rings (SSSR count). The van der Waals surface area contributed by atoms with E-state index in [-0.39, 0.29) is 11.8 Å². The molecule has 0 atom stereocenters. The first-order chi connectivity index (χ1) is 13.0. The second kappa shape index (κ2) is 9.52. The van der Waals surface area contributed by atoms with E-state index in [0.29, 0.717) is 28.9 Å². The molecule has 2 amide bonds. The molecule has 6 heteroatoms. The average molecular weight is 368 g/mol. The number of hydrogen-bond donors (Lipinski definition) is 1. The summed E-state index contributed by atoms with van der Waals surface area (Å²) in [7, 11) is 3.05. The van der Waals surface area contributed by atoms with E-state index >= 15 is 0 Å². The van der Waals surface area contributed by atoms with Crippen molar-refractivity contribution in [1.82, 2.24) is 4.90 Å². The number of hydrogen-bond acceptors (Lipinski definition) is 4. The Morgan fingerprint density at radius 3 is 2.37 bits per heavy atom. The lowest BCUT2D eigenvalue weighted by Gasteiger charge is -2.17. The number of nitrogens with zero attached hydrogens (tertiary/aromatic N) is 1. The lowest BCUT2D eigenvalue weighted by molar-refractivity contribution is 0.0600. The SMILES string of the molecule is CCCCN(C)C(=O)c1cccc(C(=O)Nc2cccc(C(=O)OC)c2)c1. The molecule has 2 aromatic rings. The van der Waals surface area contributed by atoms with E-state index < -0.39 is 5.97 Å². The van der Waals surface area contributed by atoms with Crippen LogP contribution in [0.3, 0.4) is 0 Å². The van der Waals surface area contributed by atoms with E-state index in [4.69, 9.17) is 0 Å². The van der Waals surface area contributed by atoms with Gasteiger partial charge in [-0.3, -0.25) is 9.59 Å². The van der Waals surface area contributed by atoms with E-state index in [0.717, 1.165) is 12.8 Å². The Hall–Kier alpha value is -3.15. The van der Waals surface area contributed by atoms with Crippen molar-refractivity contribution >= 4 is 23.5 Å². The number of amides is 2. The van der Waals surface area contributed by atoms with Gasteiger partial charge in [0.05, 0.1) is 12.7 Å². The van der Waals surface area contributed by atoms with E-state index in [2.05, 4.69) is 17.0 Å². The Morgan fingerprint density at radius 2 is 1.67 bits per heavy atom. The predicted molar refractivity (Wildman–Crippen MR) is 104 cm³/mol. The first-order valence-corrected chi connectivity index (χ1v) is 8.81. The summed E-state index contributed by atoms with van der Waals surface area (Å²) in [6, 6.07) is 13.1. The van der Waals surface area contributed by atoms with Gasteiger partial charge >= 0.3 is 5.97 Å². The highest BCUT2D eigenvalue weighted by molar-refractivity contribution is 6.06. The number of methoxy groups -OCH3 is 1. The molecule has 0 saturated heterocycles. The van der Waals surface area contributed by atoms with Gasteiger partial charge in [0.2, 0.25) is 0 Å². The predicted octanol–water partition coefficient (Wildman–Crippen LogP) is 3.60. The number of unbranched alkanes of at least 4 members (excludes halogenated alkanes) is 1. The molecule has 0 bridgehead atoms. The minimum Gasteiger partial charge on any atom is -0.465 e. The highest BCUT2D eigenvalue weighted by Crippen LogP contribution is 2.15. The van der Waals surface area contributed by atoms with Crippen molar-refractivity contribution in [2.75, 3.05) is 26.0 Å². The molecule has 27 heavy (non-hydrogen) atoms. The fourth-order valence-corrected chi connectivity index (χ4v) is 2.56. The number of esters is 1. The summed E-state index contributed by atoms with van der Waals surface area (Å²) in [5, 5.41) is 2.74. The molecule has 0 unspecified atom stereocenters. The molecule has 0 spiro atoms. The standard InChI is InChI=1S/C21H24N2O4/c1-4-5-12-23(2)20(25)16-9-6-8-15(13-16)19(24)22-18-11-7-10-17(14-18)21(26)27-3/h6-11,13-14H,4-5,12H2,1-3H3,(H,22,24). The first-order valence-electron chi connectivity index (χ1n) is 8.81. The third-order valence-electron chi connectivity index (χ3n) is 4.11. The van der Waals surface area contributed by atoms with E-state index in [1.54, 1.807) is 54.4 Å². The maximum absolute atomic E-state index is 12.5. The zero-order chi connectivity index (χ0) is 19.8. The molecule has 0 heterocycles. The van der Waals surface area contributed by atoms with Gasteiger partial charge in [-0.05, 0) is 42.8 Å². The van der Waals surface area contributed by atoms with Crippen LogP contribution >= 0.6 is 0 Å². The van der Waals surface area contributed by atoms with E-state index in [9.17, 15) is 14.4 Å².